The van der Waals surface area contributed by atoms with Crippen LogP contribution >= 0.6 is 0 Å². The monoisotopic (exact) mass is 306 g/mol. The molecule has 5 nitrogen and oxygen atoms in total. The van der Waals surface area contributed by atoms with E-state index in [2.05, 4.69) is 10.00 Å². The summed E-state index contributed by atoms with van der Waals surface area (Å²) in [4.78, 5) is 13.2. The Labute approximate surface area is 126 Å². The van der Waals surface area contributed by atoms with Gasteiger partial charge in [0.05, 0.1) is 17.8 Å². The van der Waals surface area contributed by atoms with Crippen LogP contribution in [-0.2, 0) is 6.54 Å². The average molecular weight is 306 g/mol. The van der Waals surface area contributed by atoms with Crippen LogP contribution in [0.2, 0.25) is 0 Å². The zero-order valence-corrected chi connectivity index (χ0v) is 11.9. The Morgan fingerprint density at radius 1 is 1.32 bits per heavy atom. The van der Waals surface area contributed by atoms with Gasteiger partial charge in [-0.1, -0.05) is 0 Å². The van der Waals surface area contributed by atoms with Gasteiger partial charge in [-0.25, -0.2) is 8.78 Å². The molecule has 1 aliphatic heterocycles. The highest BCUT2D eigenvalue weighted by molar-refractivity contribution is 5.92. The summed E-state index contributed by atoms with van der Waals surface area (Å²) < 4.78 is 28.1. The predicted octanol–water partition coefficient (Wildman–Crippen LogP) is 1.71. The maximum absolute atomic E-state index is 13.2. The molecule has 1 saturated heterocycles. The number of halogens is 2. The number of rotatable bonds is 4. The van der Waals surface area contributed by atoms with E-state index in [0.29, 0.717) is 24.2 Å². The van der Waals surface area contributed by atoms with Crippen LogP contribution in [0.5, 0.6) is 0 Å². The number of benzene rings is 1. The van der Waals surface area contributed by atoms with E-state index in [-0.39, 0.29) is 6.04 Å². The summed E-state index contributed by atoms with van der Waals surface area (Å²) in [6, 6.07) is 3.68. The highest BCUT2D eigenvalue weighted by atomic mass is 19.1. The summed E-state index contributed by atoms with van der Waals surface area (Å²) in [5.41, 5.74) is 6.20. The largest absolute Gasteiger partial charge is 0.366 e. The lowest BCUT2D eigenvalue weighted by molar-refractivity contribution is 0.1000. The second-order valence-corrected chi connectivity index (χ2v) is 5.53. The highest BCUT2D eigenvalue weighted by Gasteiger charge is 2.25. The molecule has 1 unspecified atom stereocenters. The van der Waals surface area contributed by atoms with Crippen LogP contribution in [0.25, 0.3) is 0 Å². The normalized spacial score (nSPS) is 18.7. The molecule has 0 aliphatic carbocycles. The van der Waals surface area contributed by atoms with Gasteiger partial charge in [-0.05, 0) is 24.1 Å². The molecule has 2 heterocycles. The number of aromatic nitrogens is 2. The van der Waals surface area contributed by atoms with Gasteiger partial charge in [0.2, 0.25) is 0 Å². The maximum atomic E-state index is 13.2. The fourth-order valence-electron chi connectivity index (χ4n) is 2.80. The van der Waals surface area contributed by atoms with Gasteiger partial charge < -0.3 is 5.73 Å². The molecule has 7 heteroatoms. The lowest BCUT2D eigenvalue weighted by Crippen LogP contribution is -2.21. The van der Waals surface area contributed by atoms with E-state index in [1.54, 1.807) is 10.9 Å². The molecule has 116 valence electrons. The Kier molecular flexibility index (Phi) is 3.89. The van der Waals surface area contributed by atoms with Crippen molar-refractivity contribution >= 4 is 5.91 Å². The van der Waals surface area contributed by atoms with E-state index in [1.165, 1.54) is 18.3 Å². The van der Waals surface area contributed by atoms with E-state index in [0.717, 1.165) is 19.0 Å². The van der Waals surface area contributed by atoms with Gasteiger partial charge in [-0.3, -0.25) is 14.4 Å². The number of carbonyl (C=O) groups excluding carboxylic acids is 1. The molecule has 0 bridgehead atoms. The number of nitrogens with zero attached hydrogens (tertiary/aromatic N) is 3. The minimum Gasteiger partial charge on any atom is -0.366 e. The van der Waals surface area contributed by atoms with Crippen LogP contribution < -0.4 is 5.73 Å². The average Bonchev–Trinajstić information content (AvgIpc) is 3.05. The van der Waals surface area contributed by atoms with Gasteiger partial charge in [0, 0.05) is 31.9 Å². The Hall–Kier alpha value is -2.28. The first-order valence-electron chi connectivity index (χ1n) is 7.02. The molecule has 1 amide bonds. The third-order valence-electron chi connectivity index (χ3n) is 3.84. The standard InChI is InChI=1S/C15H16F2N4O/c16-12-3-10(4-13(17)5-12)7-20-2-1-14(9-20)21-8-11(6-19-21)15(18)22/h3-6,8,14H,1-2,7,9H2,(H2,18,22). The SMILES string of the molecule is NC(=O)c1cnn(C2CCN(Cc3cc(F)cc(F)c3)C2)c1. The van der Waals surface area contributed by atoms with Crippen molar-refractivity contribution in [2.45, 2.75) is 19.0 Å². The van der Waals surface area contributed by atoms with Crippen molar-refractivity contribution in [3.8, 4) is 0 Å². The fourth-order valence-corrected chi connectivity index (χ4v) is 2.80. The molecule has 0 radical (unpaired) electrons. The minimum absolute atomic E-state index is 0.131. The molecule has 1 fully saturated rings. The third-order valence-corrected chi connectivity index (χ3v) is 3.84. The number of carbonyl (C=O) groups is 1. The lowest BCUT2D eigenvalue weighted by atomic mass is 10.2. The maximum Gasteiger partial charge on any atom is 0.251 e. The molecule has 0 spiro atoms. The number of amides is 1. The summed E-state index contributed by atoms with van der Waals surface area (Å²) in [7, 11) is 0. The van der Waals surface area contributed by atoms with Gasteiger partial charge >= 0.3 is 0 Å². The van der Waals surface area contributed by atoms with Crippen molar-refractivity contribution in [1.29, 1.82) is 0 Å². The van der Waals surface area contributed by atoms with Gasteiger partial charge in [-0.15, -0.1) is 0 Å². The molecule has 0 saturated carbocycles. The van der Waals surface area contributed by atoms with Crippen LogP contribution in [0.4, 0.5) is 8.78 Å². The molecule has 1 aromatic heterocycles. The molecule has 1 aliphatic rings. The molecule has 2 aromatic rings. The number of nitrogens with two attached hydrogens (primary N) is 1. The molecule has 3 rings (SSSR count). The van der Waals surface area contributed by atoms with Gasteiger partial charge in [0.15, 0.2) is 0 Å². The Morgan fingerprint density at radius 3 is 2.68 bits per heavy atom. The highest BCUT2D eigenvalue weighted by Crippen LogP contribution is 2.23. The van der Waals surface area contributed by atoms with Crippen LogP contribution in [-0.4, -0.2) is 33.7 Å². The van der Waals surface area contributed by atoms with Crippen LogP contribution in [0, 0.1) is 11.6 Å². The van der Waals surface area contributed by atoms with Crippen LogP contribution in [0.15, 0.2) is 30.6 Å². The number of hydrogen-bond donors (Lipinski definition) is 1. The third kappa shape index (κ3) is 3.14. The molecule has 22 heavy (non-hydrogen) atoms. The number of primary amides is 1. The summed E-state index contributed by atoms with van der Waals surface area (Å²) in [6.07, 6.45) is 3.95. The second kappa shape index (κ2) is 5.84. The lowest BCUT2D eigenvalue weighted by Gasteiger charge is -2.16. The first-order chi connectivity index (χ1) is 10.5. The van der Waals surface area contributed by atoms with Gasteiger partial charge in [-0.2, -0.15) is 5.10 Å². The van der Waals surface area contributed by atoms with Crippen molar-refractivity contribution in [1.82, 2.24) is 14.7 Å². The Morgan fingerprint density at radius 2 is 2.05 bits per heavy atom. The second-order valence-electron chi connectivity index (χ2n) is 5.53. The van der Waals surface area contributed by atoms with E-state index in [9.17, 15) is 13.6 Å². The van der Waals surface area contributed by atoms with Crippen molar-refractivity contribution in [2.75, 3.05) is 13.1 Å². The molecular weight excluding hydrogens is 290 g/mol. The summed E-state index contributed by atoms with van der Waals surface area (Å²) in [5, 5.41) is 4.16. The van der Waals surface area contributed by atoms with Crippen LogP contribution in [0.1, 0.15) is 28.4 Å². The minimum atomic E-state index is -0.566. The molecular formula is C15H16F2N4O. The molecule has 2 N–H and O–H groups in total. The summed E-state index contributed by atoms with van der Waals surface area (Å²) in [5.74, 6) is -1.64. The van der Waals surface area contributed by atoms with Crippen LogP contribution in [0.3, 0.4) is 0 Å². The smallest absolute Gasteiger partial charge is 0.251 e. The Balaban J connectivity index is 1.65. The van der Waals surface area contributed by atoms with E-state index >= 15 is 0 Å². The Bertz CT molecular complexity index is 680. The first kappa shape index (κ1) is 14.6. The van der Waals surface area contributed by atoms with E-state index < -0.39 is 17.5 Å². The van der Waals surface area contributed by atoms with E-state index in [1.807, 2.05) is 0 Å². The predicted molar refractivity (Wildman–Crippen MR) is 76.0 cm³/mol. The van der Waals surface area contributed by atoms with Crippen molar-refractivity contribution in [2.24, 2.45) is 5.73 Å². The summed E-state index contributed by atoms with van der Waals surface area (Å²) in [6.45, 7) is 1.99. The van der Waals surface area contributed by atoms with Gasteiger partial charge in [0.1, 0.15) is 11.6 Å². The zero-order valence-electron chi connectivity index (χ0n) is 11.9. The molecule has 1 atom stereocenters. The quantitative estimate of drug-likeness (QED) is 0.935. The number of hydrogen-bond acceptors (Lipinski definition) is 3. The fraction of sp³-hybridized carbons (Fsp3) is 0.333. The van der Waals surface area contributed by atoms with Crippen molar-refractivity contribution in [3.63, 3.8) is 0 Å². The number of likely N-dealkylation sites (tertiary alicyclic amines) is 1. The van der Waals surface area contributed by atoms with Gasteiger partial charge in [0.25, 0.3) is 5.91 Å². The van der Waals surface area contributed by atoms with Crippen molar-refractivity contribution in [3.05, 3.63) is 53.4 Å². The molecule has 1 aromatic carbocycles. The topological polar surface area (TPSA) is 64.2 Å². The zero-order chi connectivity index (χ0) is 15.7. The first-order valence-corrected chi connectivity index (χ1v) is 7.02. The van der Waals surface area contributed by atoms with Crippen molar-refractivity contribution < 1.29 is 13.6 Å². The summed E-state index contributed by atoms with van der Waals surface area (Å²) >= 11 is 0. The van der Waals surface area contributed by atoms with E-state index in [4.69, 9.17) is 5.73 Å².